The van der Waals surface area contributed by atoms with Gasteiger partial charge in [-0.25, -0.2) is 0 Å². The molecule has 0 heterocycles. The number of carbonyl (C=O) groups is 1. The molecule has 46 heavy (non-hydrogen) atoms. The SMILES string of the molecule is CC(C(=O)CCCCCCCCCCO[Si](c1ccccc1)(c1ccccc1)C(C)(C)C)P(=O)(c1ccccc1)c1ccccc1. The van der Waals surface area contributed by atoms with E-state index in [0.717, 1.165) is 42.9 Å². The average Bonchev–Trinajstić information content (AvgIpc) is 3.09. The van der Waals surface area contributed by atoms with E-state index >= 15 is 0 Å². The van der Waals surface area contributed by atoms with Gasteiger partial charge in [0.1, 0.15) is 5.78 Å². The third-order valence-electron chi connectivity index (χ3n) is 9.34. The van der Waals surface area contributed by atoms with E-state index in [-0.39, 0.29) is 10.8 Å². The maximum atomic E-state index is 14.5. The lowest BCUT2D eigenvalue weighted by molar-refractivity contribution is -0.118. The van der Waals surface area contributed by atoms with Gasteiger partial charge in [-0.15, -0.1) is 0 Å². The predicted octanol–water partition coefficient (Wildman–Crippen LogP) is 9.05. The van der Waals surface area contributed by atoms with Crippen LogP contribution in [0.5, 0.6) is 0 Å². The molecule has 0 amide bonds. The van der Waals surface area contributed by atoms with Gasteiger partial charge < -0.3 is 8.99 Å². The van der Waals surface area contributed by atoms with Crippen LogP contribution in [-0.2, 0) is 13.8 Å². The minimum atomic E-state index is -3.06. The quantitative estimate of drug-likeness (QED) is 0.0612. The summed E-state index contributed by atoms with van der Waals surface area (Å²) in [6.45, 7) is 9.64. The molecule has 0 aliphatic rings. The van der Waals surface area contributed by atoms with Gasteiger partial charge in [-0.3, -0.25) is 4.79 Å². The Morgan fingerprint density at radius 2 is 0.978 bits per heavy atom. The van der Waals surface area contributed by atoms with E-state index in [4.69, 9.17) is 4.43 Å². The van der Waals surface area contributed by atoms with Crippen molar-refractivity contribution in [3.8, 4) is 0 Å². The number of carbonyl (C=O) groups excluding carboxylic acids is 1. The Morgan fingerprint density at radius 3 is 1.39 bits per heavy atom. The number of rotatable bonds is 18. The molecule has 244 valence electrons. The molecular formula is C41H53O3PSi. The maximum absolute atomic E-state index is 14.5. The molecule has 3 nitrogen and oxygen atoms in total. The molecule has 0 N–H and O–H groups in total. The second-order valence-electron chi connectivity index (χ2n) is 13.6. The molecule has 0 aromatic heterocycles. The summed E-state index contributed by atoms with van der Waals surface area (Å²) in [4.78, 5) is 13.3. The summed E-state index contributed by atoms with van der Waals surface area (Å²) in [7, 11) is -5.52. The van der Waals surface area contributed by atoms with Crippen LogP contribution in [0.3, 0.4) is 0 Å². The van der Waals surface area contributed by atoms with Gasteiger partial charge in [0.25, 0.3) is 8.32 Å². The largest absolute Gasteiger partial charge is 0.407 e. The predicted molar refractivity (Wildman–Crippen MR) is 199 cm³/mol. The first-order valence-electron chi connectivity index (χ1n) is 17.2. The number of Topliss-reactive ketones (excluding diaryl/α,β-unsaturated/α-hetero) is 1. The van der Waals surface area contributed by atoms with Gasteiger partial charge >= 0.3 is 0 Å². The molecule has 1 atom stereocenters. The van der Waals surface area contributed by atoms with Crippen molar-refractivity contribution in [2.75, 3.05) is 6.61 Å². The zero-order valence-electron chi connectivity index (χ0n) is 28.4. The standard InChI is InChI=1S/C41H53O3PSi/c1-35(45(43,36-25-15-11-16-26-36)37-27-17-12-18-28-37)40(42)33-23-9-7-5-6-8-10-24-34-44-46(41(2,3)4,38-29-19-13-20-30-38)39-31-21-14-22-32-39/h11-22,25-32,35H,5-10,23-24,33-34H2,1-4H3. The third-order valence-corrected chi connectivity index (χ3v) is 17.9. The third kappa shape index (κ3) is 8.65. The number of unbranched alkanes of at least 4 members (excludes halogenated alkanes) is 7. The summed E-state index contributed by atoms with van der Waals surface area (Å²) >= 11 is 0. The molecular weight excluding hydrogens is 600 g/mol. The van der Waals surface area contributed by atoms with Crippen LogP contribution in [-0.4, -0.2) is 26.4 Å². The molecule has 0 aliphatic heterocycles. The molecule has 0 spiro atoms. The molecule has 1 unspecified atom stereocenters. The van der Waals surface area contributed by atoms with E-state index < -0.39 is 21.1 Å². The Morgan fingerprint density at radius 1 is 0.609 bits per heavy atom. The van der Waals surface area contributed by atoms with Crippen molar-refractivity contribution < 1.29 is 13.8 Å². The Hall–Kier alpha value is -3.04. The lowest BCUT2D eigenvalue weighted by Crippen LogP contribution is -2.66. The fraction of sp³-hybridized carbons (Fsp3) is 0.390. The van der Waals surface area contributed by atoms with Crippen molar-refractivity contribution >= 4 is 42.2 Å². The zero-order valence-corrected chi connectivity index (χ0v) is 30.3. The topological polar surface area (TPSA) is 43.4 Å². The second-order valence-corrected chi connectivity index (χ2v) is 21.0. The first-order valence-corrected chi connectivity index (χ1v) is 20.9. The fourth-order valence-corrected chi connectivity index (χ4v) is 14.3. The van der Waals surface area contributed by atoms with Gasteiger partial charge in [0.05, 0.1) is 5.66 Å². The summed E-state index contributed by atoms with van der Waals surface area (Å²) in [6.07, 6.45) is 9.36. The van der Waals surface area contributed by atoms with Crippen LogP contribution in [0.15, 0.2) is 121 Å². The molecule has 0 saturated heterocycles. The van der Waals surface area contributed by atoms with Crippen LogP contribution in [0.2, 0.25) is 5.04 Å². The minimum Gasteiger partial charge on any atom is -0.407 e. The average molecular weight is 653 g/mol. The number of benzene rings is 4. The Kier molecular flexibility index (Phi) is 13.4. The zero-order chi connectivity index (χ0) is 32.9. The highest BCUT2D eigenvalue weighted by Crippen LogP contribution is 2.49. The van der Waals surface area contributed by atoms with Gasteiger partial charge in [0, 0.05) is 23.6 Å². The van der Waals surface area contributed by atoms with Crippen LogP contribution in [0.4, 0.5) is 0 Å². The smallest absolute Gasteiger partial charge is 0.261 e. The van der Waals surface area contributed by atoms with Crippen LogP contribution in [0.25, 0.3) is 0 Å². The van der Waals surface area contributed by atoms with E-state index in [0.29, 0.717) is 6.42 Å². The minimum absolute atomic E-state index is 0.00884. The Bertz CT molecular complexity index is 1420. The summed E-state index contributed by atoms with van der Waals surface area (Å²) in [5.41, 5.74) is -0.525. The number of ketones is 1. The summed E-state index contributed by atoms with van der Waals surface area (Å²) in [6, 6.07) is 40.8. The molecule has 0 bridgehead atoms. The summed E-state index contributed by atoms with van der Waals surface area (Å²) in [5.74, 6) is 0.108. The Balaban J connectivity index is 1.19. The van der Waals surface area contributed by atoms with Crippen molar-refractivity contribution in [2.45, 2.75) is 96.2 Å². The van der Waals surface area contributed by atoms with Crippen LogP contribution >= 0.6 is 7.14 Å². The summed E-state index contributed by atoms with van der Waals surface area (Å²) < 4.78 is 21.5. The highest BCUT2D eigenvalue weighted by Gasteiger charge is 2.50. The molecule has 4 rings (SSSR count). The van der Waals surface area contributed by atoms with Crippen molar-refractivity contribution in [3.63, 3.8) is 0 Å². The van der Waals surface area contributed by atoms with Gasteiger partial charge in [-0.2, -0.15) is 0 Å². The second kappa shape index (κ2) is 17.2. The lowest BCUT2D eigenvalue weighted by Gasteiger charge is -2.43. The molecule has 5 heteroatoms. The van der Waals surface area contributed by atoms with Crippen molar-refractivity contribution in [3.05, 3.63) is 121 Å². The first kappa shape index (κ1) is 35.8. The summed E-state index contributed by atoms with van der Waals surface area (Å²) in [5, 5.41) is 4.21. The maximum Gasteiger partial charge on any atom is 0.261 e. The van der Waals surface area contributed by atoms with Crippen LogP contribution < -0.4 is 21.0 Å². The van der Waals surface area contributed by atoms with Crippen LogP contribution in [0.1, 0.15) is 85.5 Å². The lowest BCUT2D eigenvalue weighted by atomic mass is 10.1. The highest BCUT2D eigenvalue weighted by atomic mass is 31.2. The van der Waals surface area contributed by atoms with Crippen molar-refractivity contribution in [1.82, 2.24) is 0 Å². The van der Waals surface area contributed by atoms with E-state index in [1.54, 1.807) is 0 Å². The van der Waals surface area contributed by atoms with Gasteiger partial charge in [0.15, 0.2) is 7.14 Å². The van der Waals surface area contributed by atoms with Gasteiger partial charge in [0.2, 0.25) is 0 Å². The normalized spacial score (nSPS) is 13.0. The first-order chi connectivity index (χ1) is 22.2. The van der Waals surface area contributed by atoms with E-state index in [9.17, 15) is 9.36 Å². The molecule has 0 radical (unpaired) electrons. The van der Waals surface area contributed by atoms with E-state index in [2.05, 4.69) is 81.4 Å². The Labute approximate surface area is 279 Å². The monoisotopic (exact) mass is 652 g/mol. The van der Waals surface area contributed by atoms with Gasteiger partial charge in [-0.05, 0) is 35.2 Å². The van der Waals surface area contributed by atoms with E-state index in [1.807, 2.05) is 67.6 Å². The fourth-order valence-electron chi connectivity index (χ4n) is 6.76. The number of hydrogen-bond acceptors (Lipinski definition) is 3. The van der Waals surface area contributed by atoms with Crippen molar-refractivity contribution in [2.24, 2.45) is 0 Å². The molecule has 4 aromatic carbocycles. The van der Waals surface area contributed by atoms with Crippen LogP contribution in [0, 0.1) is 0 Å². The molecule has 0 saturated carbocycles. The van der Waals surface area contributed by atoms with Gasteiger partial charge in [-0.1, -0.05) is 181 Å². The molecule has 0 fully saturated rings. The molecule has 0 aliphatic carbocycles. The van der Waals surface area contributed by atoms with Crippen molar-refractivity contribution in [1.29, 1.82) is 0 Å². The number of hydrogen-bond donors (Lipinski definition) is 0. The molecule has 4 aromatic rings. The van der Waals surface area contributed by atoms with E-state index in [1.165, 1.54) is 36.1 Å². The highest BCUT2D eigenvalue weighted by molar-refractivity contribution is 7.80.